The summed E-state index contributed by atoms with van der Waals surface area (Å²) >= 11 is 0. The van der Waals surface area contributed by atoms with Gasteiger partial charge in [0.05, 0.1) is 12.6 Å². The molecule has 2 atom stereocenters. The molecular formula is C14H25N3O. The van der Waals surface area contributed by atoms with E-state index in [0.29, 0.717) is 6.04 Å². The van der Waals surface area contributed by atoms with Crippen molar-refractivity contribution in [3.05, 3.63) is 18.2 Å². The van der Waals surface area contributed by atoms with E-state index in [1.165, 1.54) is 25.7 Å². The minimum atomic E-state index is -0.211. The Kier molecular flexibility index (Phi) is 4.78. The van der Waals surface area contributed by atoms with Crippen molar-refractivity contribution in [2.45, 2.75) is 57.7 Å². The SMILES string of the molecule is CC(O)CC1CCCCCN1Cc1nccn1C. The summed E-state index contributed by atoms with van der Waals surface area (Å²) in [6, 6.07) is 0.504. The summed E-state index contributed by atoms with van der Waals surface area (Å²) in [5, 5.41) is 9.65. The Morgan fingerprint density at radius 2 is 2.28 bits per heavy atom. The summed E-state index contributed by atoms with van der Waals surface area (Å²) in [4.78, 5) is 6.91. The number of aliphatic hydroxyl groups excluding tert-OH is 1. The van der Waals surface area contributed by atoms with Crippen LogP contribution in [0.2, 0.25) is 0 Å². The van der Waals surface area contributed by atoms with Crippen LogP contribution < -0.4 is 0 Å². The van der Waals surface area contributed by atoms with Gasteiger partial charge in [0.1, 0.15) is 5.82 Å². The smallest absolute Gasteiger partial charge is 0.122 e. The highest BCUT2D eigenvalue weighted by Gasteiger charge is 2.23. The number of imidazole rings is 1. The zero-order valence-corrected chi connectivity index (χ0v) is 11.5. The minimum absolute atomic E-state index is 0.211. The molecule has 1 saturated heterocycles. The minimum Gasteiger partial charge on any atom is -0.393 e. The maximum atomic E-state index is 9.65. The van der Waals surface area contributed by atoms with Crippen LogP contribution in [0.3, 0.4) is 0 Å². The molecule has 0 saturated carbocycles. The monoisotopic (exact) mass is 251 g/mol. The van der Waals surface area contributed by atoms with Gasteiger partial charge in [0.25, 0.3) is 0 Å². The lowest BCUT2D eigenvalue weighted by molar-refractivity contribution is 0.106. The molecule has 4 heteroatoms. The first-order valence-electron chi connectivity index (χ1n) is 7.05. The van der Waals surface area contributed by atoms with E-state index < -0.39 is 0 Å². The van der Waals surface area contributed by atoms with Gasteiger partial charge >= 0.3 is 0 Å². The molecule has 1 aliphatic rings. The summed E-state index contributed by atoms with van der Waals surface area (Å²) in [5.41, 5.74) is 0. The zero-order valence-electron chi connectivity index (χ0n) is 11.5. The zero-order chi connectivity index (χ0) is 13.0. The Balaban J connectivity index is 2.03. The van der Waals surface area contributed by atoms with E-state index in [2.05, 4.69) is 14.5 Å². The first-order chi connectivity index (χ1) is 8.66. The Bertz CT molecular complexity index is 362. The summed E-state index contributed by atoms with van der Waals surface area (Å²) < 4.78 is 2.09. The highest BCUT2D eigenvalue weighted by Crippen LogP contribution is 2.22. The fourth-order valence-corrected chi connectivity index (χ4v) is 2.84. The molecule has 4 nitrogen and oxygen atoms in total. The van der Waals surface area contributed by atoms with Gasteiger partial charge in [-0.1, -0.05) is 12.8 Å². The number of nitrogens with zero attached hydrogens (tertiary/aromatic N) is 3. The number of likely N-dealkylation sites (tertiary alicyclic amines) is 1. The second-order valence-corrected chi connectivity index (χ2v) is 5.51. The lowest BCUT2D eigenvalue weighted by atomic mass is 10.0. The van der Waals surface area contributed by atoms with Gasteiger partial charge in [0.15, 0.2) is 0 Å². The molecule has 102 valence electrons. The van der Waals surface area contributed by atoms with Crippen molar-refractivity contribution in [2.24, 2.45) is 7.05 Å². The van der Waals surface area contributed by atoms with Crippen LogP contribution in [-0.4, -0.2) is 38.2 Å². The summed E-state index contributed by atoms with van der Waals surface area (Å²) in [5.74, 6) is 1.12. The third-order valence-corrected chi connectivity index (χ3v) is 3.88. The van der Waals surface area contributed by atoms with Crippen molar-refractivity contribution in [1.82, 2.24) is 14.5 Å². The van der Waals surface area contributed by atoms with E-state index in [4.69, 9.17) is 0 Å². The molecule has 0 spiro atoms. The quantitative estimate of drug-likeness (QED) is 0.889. The van der Waals surface area contributed by atoms with E-state index in [9.17, 15) is 5.11 Å². The van der Waals surface area contributed by atoms with Crippen LogP contribution in [-0.2, 0) is 13.6 Å². The van der Waals surface area contributed by atoms with Crippen LogP contribution in [0, 0.1) is 0 Å². The molecule has 1 aromatic rings. The van der Waals surface area contributed by atoms with Crippen molar-refractivity contribution in [2.75, 3.05) is 6.54 Å². The van der Waals surface area contributed by atoms with Gasteiger partial charge in [0.2, 0.25) is 0 Å². The number of hydrogen-bond donors (Lipinski definition) is 1. The van der Waals surface area contributed by atoms with Crippen LogP contribution in [0.25, 0.3) is 0 Å². The first kappa shape index (κ1) is 13.6. The highest BCUT2D eigenvalue weighted by atomic mass is 16.3. The van der Waals surface area contributed by atoms with Gasteiger partial charge in [-0.05, 0) is 32.7 Å². The Morgan fingerprint density at radius 1 is 1.44 bits per heavy atom. The van der Waals surface area contributed by atoms with Gasteiger partial charge in [-0.3, -0.25) is 4.90 Å². The van der Waals surface area contributed by atoms with Crippen LogP contribution in [0.1, 0.15) is 44.9 Å². The van der Waals surface area contributed by atoms with Crippen LogP contribution in [0.5, 0.6) is 0 Å². The predicted octanol–water partition coefficient (Wildman–Crippen LogP) is 1.94. The molecule has 1 N–H and O–H groups in total. The predicted molar refractivity (Wildman–Crippen MR) is 72.2 cm³/mol. The second-order valence-electron chi connectivity index (χ2n) is 5.51. The molecular weight excluding hydrogens is 226 g/mol. The standard InChI is InChI=1S/C14H25N3O/c1-12(18)10-13-6-4-3-5-8-17(13)11-14-15-7-9-16(14)2/h7,9,12-13,18H,3-6,8,10-11H2,1-2H3. The number of aromatic nitrogens is 2. The van der Waals surface area contributed by atoms with Crippen molar-refractivity contribution < 1.29 is 5.11 Å². The maximum Gasteiger partial charge on any atom is 0.122 e. The largest absolute Gasteiger partial charge is 0.393 e. The fraction of sp³-hybridized carbons (Fsp3) is 0.786. The molecule has 0 amide bonds. The molecule has 1 aromatic heterocycles. The van der Waals surface area contributed by atoms with E-state index in [1.807, 2.05) is 26.4 Å². The van der Waals surface area contributed by atoms with Crippen LogP contribution in [0.15, 0.2) is 12.4 Å². The molecule has 0 radical (unpaired) electrons. The molecule has 0 aliphatic carbocycles. The molecule has 0 aromatic carbocycles. The van der Waals surface area contributed by atoms with Crippen molar-refractivity contribution in [3.8, 4) is 0 Å². The van der Waals surface area contributed by atoms with Gasteiger partial charge in [-0.15, -0.1) is 0 Å². The first-order valence-corrected chi connectivity index (χ1v) is 7.05. The fourth-order valence-electron chi connectivity index (χ4n) is 2.84. The van der Waals surface area contributed by atoms with Crippen LogP contribution in [0.4, 0.5) is 0 Å². The average molecular weight is 251 g/mol. The molecule has 2 unspecified atom stereocenters. The van der Waals surface area contributed by atoms with Crippen molar-refractivity contribution in [3.63, 3.8) is 0 Å². The van der Waals surface area contributed by atoms with Crippen molar-refractivity contribution >= 4 is 0 Å². The maximum absolute atomic E-state index is 9.65. The van der Waals surface area contributed by atoms with Gasteiger partial charge < -0.3 is 9.67 Å². The molecule has 2 rings (SSSR count). The number of aryl methyl sites for hydroxylation is 1. The van der Waals surface area contributed by atoms with Gasteiger partial charge in [0, 0.05) is 25.5 Å². The molecule has 18 heavy (non-hydrogen) atoms. The lowest BCUT2D eigenvalue weighted by Gasteiger charge is -2.30. The Labute approximate surface area is 110 Å². The summed E-state index contributed by atoms with van der Waals surface area (Å²) in [6.45, 7) is 3.93. The molecule has 2 heterocycles. The van der Waals surface area contributed by atoms with Gasteiger partial charge in [-0.2, -0.15) is 0 Å². The Hall–Kier alpha value is -0.870. The summed E-state index contributed by atoms with van der Waals surface area (Å²) in [6.07, 6.45) is 9.59. The number of rotatable bonds is 4. The number of hydrogen-bond acceptors (Lipinski definition) is 3. The topological polar surface area (TPSA) is 41.3 Å². The highest BCUT2D eigenvalue weighted by molar-refractivity contribution is 4.92. The summed E-state index contributed by atoms with van der Waals surface area (Å²) in [7, 11) is 2.05. The normalized spacial score (nSPS) is 23.8. The molecule has 1 fully saturated rings. The molecule has 1 aliphatic heterocycles. The van der Waals surface area contributed by atoms with E-state index >= 15 is 0 Å². The average Bonchev–Trinajstić information content (AvgIpc) is 2.58. The lowest BCUT2D eigenvalue weighted by Crippen LogP contribution is -2.37. The Morgan fingerprint density at radius 3 is 2.94 bits per heavy atom. The third kappa shape index (κ3) is 3.56. The van der Waals surface area contributed by atoms with E-state index in [-0.39, 0.29) is 6.10 Å². The van der Waals surface area contributed by atoms with E-state index in [0.717, 1.165) is 25.3 Å². The van der Waals surface area contributed by atoms with Crippen LogP contribution >= 0.6 is 0 Å². The number of aliphatic hydroxyl groups is 1. The molecule has 0 bridgehead atoms. The van der Waals surface area contributed by atoms with Gasteiger partial charge in [-0.25, -0.2) is 4.98 Å². The third-order valence-electron chi connectivity index (χ3n) is 3.88. The second kappa shape index (κ2) is 6.34. The van der Waals surface area contributed by atoms with E-state index in [1.54, 1.807) is 0 Å². The van der Waals surface area contributed by atoms with Crippen molar-refractivity contribution in [1.29, 1.82) is 0 Å².